The zero-order valence-corrected chi connectivity index (χ0v) is 10.2. The molecule has 0 aliphatic rings. The molecule has 0 unspecified atom stereocenters. The number of ether oxygens (including phenoxy) is 1. The standard InChI is InChI=1S/C13H15N3O2/c1-18-13-11(5-4-7-14-13)15-12(17)6-10-16-8-2-3-9-16/h2-5,7-9H,6,10H2,1H3,(H,15,17). The van der Waals surface area contributed by atoms with Crippen molar-refractivity contribution in [1.29, 1.82) is 0 Å². The van der Waals surface area contributed by atoms with Gasteiger partial charge < -0.3 is 14.6 Å². The number of carbonyl (C=O) groups is 1. The molecule has 2 heterocycles. The Hall–Kier alpha value is -2.30. The second-order valence-corrected chi connectivity index (χ2v) is 3.78. The van der Waals surface area contributed by atoms with Crippen LogP contribution in [0.4, 0.5) is 5.69 Å². The lowest BCUT2D eigenvalue weighted by atomic mass is 10.3. The first kappa shape index (κ1) is 12.2. The van der Waals surface area contributed by atoms with Gasteiger partial charge in [0.05, 0.1) is 7.11 Å². The SMILES string of the molecule is COc1ncccc1NC(=O)CCn1cccc1. The Balaban J connectivity index is 1.90. The topological polar surface area (TPSA) is 56.1 Å². The van der Waals surface area contributed by atoms with Crippen LogP contribution in [-0.4, -0.2) is 22.6 Å². The molecule has 1 N–H and O–H groups in total. The van der Waals surface area contributed by atoms with Crippen molar-refractivity contribution < 1.29 is 9.53 Å². The van der Waals surface area contributed by atoms with Crippen molar-refractivity contribution in [3.8, 4) is 5.88 Å². The second-order valence-electron chi connectivity index (χ2n) is 3.78. The lowest BCUT2D eigenvalue weighted by Crippen LogP contribution is -2.14. The van der Waals surface area contributed by atoms with Gasteiger partial charge >= 0.3 is 0 Å². The van der Waals surface area contributed by atoms with Gasteiger partial charge in [0, 0.05) is 31.6 Å². The number of methoxy groups -OCH3 is 1. The van der Waals surface area contributed by atoms with E-state index in [1.165, 1.54) is 7.11 Å². The number of nitrogens with zero attached hydrogens (tertiary/aromatic N) is 2. The molecule has 1 amide bonds. The third kappa shape index (κ3) is 3.10. The van der Waals surface area contributed by atoms with Crippen molar-refractivity contribution in [1.82, 2.24) is 9.55 Å². The Kier molecular flexibility index (Phi) is 3.96. The quantitative estimate of drug-likeness (QED) is 0.875. The molecule has 0 aromatic carbocycles. The van der Waals surface area contributed by atoms with Crippen LogP contribution >= 0.6 is 0 Å². The van der Waals surface area contributed by atoms with Crippen molar-refractivity contribution >= 4 is 11.6 Å². The molecule has 0 saturated carbocycles. The van der Waals surface area contributed by atoms with Crippen molar-refractivity contribution in [2.45, 2.75) is 13.0 Å². The molecule has 0 aliphatic heterocycles. The van der Waals surface area contributed by atoms with E-state index in [4.69, 9.17) is 4.74 Å². The van der Waals surface area contributed by atoms with Crippen LogP contribution in [0.25, 0.3) is 0 Å². The summed E-state index contributed by atoms with van der Waals surface area (Å²) in [6.45, 7) is 0.654. The summed E-state index contributed by atoms with van der Waals surface area (Å²) < 4.78 is 7.02. The van der Waals surface area contributed by atoms with Gasteiger partial charge in [0.15, 0.2) is 0 Å². The maximum atomic E-state index is 11.8. The van der Waals surface area contributed by atoms with Gasteiger partial charge in [-0.15, -0.1) is 0 Å². The third-order valence-corrected chi connectivity index (χ3v) is 2.50. The highest BCUT2D eigenvalue weighted by atomic mass is 16.5. The van der Waals surface area contributed by atoms with Crippen molar-refractivity contribution in [2.24, 2.45) is 0 Å². The summed E-state index contributed by atoms with van der Waals surface area (Å²) in [7, 11) is 1.53. The lowest BCUT2D eigenvalue weighted by Gasteiger charge is -2.08. The number of nitrogens with one attached hydrogen (secondary N) is 1. The van der Waals surface area contributed by atoms with Crippen LogP contribution < -0.4 is 10.1 Å². The minimum Gasteiger partial charge on any atom is -0.480 e. The smallest absolute Gasteiger partial charge is 0.237 e. The summed E-state index contributed by atoms with van der Waals surface area (Å²) in [5, 5.41) is 2.78. The second kappa shape index (κ2) is 5.86. The summed E-state index contributed by atoms with van der Waals surface area (Å²) in [5.41, 5.74) is 0.595. The summed E-state index contributed by atoms with van der Waals surface area (Å²) in [6.07, 6.45) is 5.89. The highest BCUT2D eigenvalue weighted by Gasteiger charge is 2.07. The zero-order valence-electron chi connectivity index (χ0n) is 10.2. The van der Waals surface area contributed by atoms with Gasteiger partial charge in [-0.05, 0) is 24.3 Å². The normalized spacial score (nSPS) is 10.1. The highest BCUT2D eigenvalue weighted by Crippen LogP contribution is 2.19. The molecule has 0 saturated heterocycles. The van der Waals surface area contributed by atoms with Crippen LogP contribution in [-0.2, 0) is 11.3 Å². The molecule has 2 rings (SSSR count). The fraction of sp³-hybridized carbons (Fsp3) is 0.231. The fourth-order valence-corrected chi connectivity index (χ4v) is 1.61. The van der Waals surface area contributed by atoms with Gasteiger partial charge in [0.1, 0.15) is 5.69 Å². The van der Waals surface area contributed by atoms with Gasteiger partial charge in [-0.3, -0.25) is 4.79 Å². The van der Waals surface area contributed by atoms with E-state index in [1.807, 2.05) is 29.1 Å². The van der Waals surface area contributed by atoms with Gasteiger partial charge in [-0.2, -0.15) is 0 Å². The summed E-state index contributed by atoms with van der Waals surface area (Å²) in [4.78, 5) is 15.8. The summed E-state index contributed by atoms with van der Waals surface area (Å²) in [6, 6.07) is 7.38. The van der Waals surface area contributed by atoms with E-state index in [2.05, 4.69) is 10.3 Å². The van der Waals surface area contributed by atoms with Crippen molar-refractivity contribution in [2.75, 3.05) is 12.4 Å². The molecule has 5 nitrogen and oxygen atoms in total. The van der Waals surface area contributed by atoms with Gasteiger partial charge in [-0.25, -0.2) is 4.98 Å². The number of aryl methyl sites for hydroxylation is 1. The summed E-state index contributed by atoms with van der Waals surface area (Å²) in [5.74, 6) is 0.363. The Morgan fingerprint density at radius 3 is 2.89 bits per heavy atom. The van der Waals surface area contributed by atoms with Crippen molar-refractivity contribution in [3.05, 3.63) is 42.9 Å². The first-order valence-corrected chi connectivity index (χ1v) is 5.69. The molecule has 0 aliphatic carbocycles. The van der Waals surface area contributed by atoms with E-state index >= 15 is 0 Å². The predicted octanol–water partition coefficient (Wildman–Crippen LogP) is 1.92. The van der Waals surface area contributed by atoms with E-state index in [1.54, 1.807) is 18.3 Å². The predicted molar refractivity (Wildman–Crippen MR) is 68.5 cm³/mol. The number of anilines is 1. The van der Waals surface area contributed by atoms with E-state index in [0.29, 0.717) is 24.5 Å². The number of hydrogen-bond acceptors (Lipinski definition) is 3. The van der Waals surface area contributed by atoms with Crippen LogP contribution in [0.3, 0.4) is 0 Å². The van der Waals surface area contributed by atoms with Gasteiger partial charge in [-0.1, -0.05) is 0 Å². The van der Waals surface area contributed by atoms with Gasteiger partial charge in [0.2, 0.25) is 11.8 Å². The maximum Gasteiger partial charge on any atom is 0.237 e. The highest BCUT2D eigenvalue weighted by molar-refractivity contribution is 5.91. The average Bonchev–Trinajstić information content (AvgIpc) is 2.90. The Morgan fingerprint density at radius 2 is 2.17 bits per heavy atom. The largest absolute Gasteiger partial charge is 0.480 e. The van der Waals surface area contributed by atoms with E-state index in [-0.39, 0.29) is 5.91 Å². The Bertz CT molecular complexity index is 509. The number of pyridine rings is 1. The fourth-order valence-electron chi connectivity index (χ4n) is 1.61. The first-order chi connectivity index (χ1) is 8.79. The molecule has 0 fully saturated rings. The first-order valence-electron chi connectivity index (χ1n) is 5.69. The molecular formula is C13H15N3O2. The minimum atomic E-state index is -0.0602. The number of amides is 1. The monoisotopic (exact) mass is 245 g/mol. The van der Waals surface area contributed by atoms with Gasteiger partial charge in [0.25, 0.3) is 0 Å². The van der Waals surface area contributed by atoms with E-state index in [0.717, 1.165) is 0 Å². The zero-order chi connectivity index (χ0) is 12.8. The molecule has 94 valence electrons. The molecule has 0 bridgehead atoms. The van der Waals surface area contributed by atoms with Crippen LogP contribution in [0, 0.1) is 0 Å². The minimum absolute atomic E-state index is 0.0602. The molecular weight excluding hydrogens is 230 g/mol. The molecule has 0 radical (unpaired) electrons. The molecule has 2 aromatic rings. The molecule has 0 atom stereocenters. The van der Waals surface area contributed by atoms with E-state index < -0.39 is 0 Å². The number of aromatic nitrogens is 2. The molecule has 2 aromatic heterocycles. The molecule has 18 heavy (non-hydrogen) atoms. The third-order valence-electron chi connectivity index (χ3n) is 2.50. The Morgan fingerprint density at radius 1 is 1.39 bits per heavy atom. The maximum absolute atomic E-state index is 11.8. The lowest BCUT2D eigenvalue weighted by molar-refractivity contribution is -0.116. The van der Waals surface area contributed by atoms with Crippen LogP contribution in [0.5, 0.6) is 5.88 Å². The molecule has 5 heteroatoms. The number of hydrogen-bond donors (Lipinski definition) is 1. The number of carbonyl (C=O) groups excluding carboxylic acids is 1. The number of rotatable bonds is 5. The van der Waals surface area contributed by atoms with Crippen molar-refractivity contribution in [3.63, 3.8) is 0 Å². The molecule has 0 spiro atoms. The summed E-state index contributed by atoms with van der Waals surface area (Å²) >= 11 is 0. The van der Waals surface area contributed by atoms with Crippen LogP contribution in [0.2, 0.25) is 0 Å². The van der Waals surface area contributed by atoms with Crippen LogP contribution in [0.1, 0.15) is 6.42 Å². The van der Waals surface area contributed by atoms with Crippen LogP contribution in [0.15, 0.2) is 42.9 Å². The van der Waals surface area contributed by atoms with E-state index in [9.17, 15) is 4.79 Å². The average molecular weight is 245 g/mol. The Labute approximate surface area is 105 Å².